The van der Waals surface area contributed by atoms with Crippen LogP contribution in [0.5, 0.6) is 5.75 Å². The monoisotopic (exact) mass is 391 g/mol. The number of para-hydroxylation sites is 2. The van der Waals surface area contributed by atoms with Crippen LogP contribution >= 0.6 is 0 Å². The number of nitrogens with zero attached hydrogens (tertiary/aromatic N) is 3. The summed E-state index contributed by atoms with van der Waals surface area (Å²) in [5, 5.41) is 0. The summed E-state index contributed by atoms with van der Waals surface area (Å²) in [6.07, 6.45) is 1.63. The predicted octanol–water partition coefficient (Wildman–Crippen LogP) is 4.61. The second-order valence-electron chi connectivity index (χ2n) is 8.32. The number of methoxy groups -OCH3 is 1. The number of hydrogen-bond acceptors (Lipinski definition) is 3. The second kappa shape index (κ2) is 8.27. The number of carbonyl (C=O) groups is 1. The van der Waals surface area contributed by atoms with Crippen molar-refractivity contribution in [3.8, 4) is 5.75 Å². The molecule has 0 N–H and O–H groups in total. The zero-order valence-electron chi connectivity index (χ0n) is 17.5. The number of fused-ring (bicyclic) bond motifs is 1. The van der Waals surface area contributed by atoms with Gasteiger partial charge >= 0.3 is 0 Å². The molecule has 152 valence electrons. The molecule has 1 aliphatic rings. The van der Waals surface area contributed by atoms with E-state index in [2.05, 4.69) is 36.6 Å². The first-order chi connectivity index (χ1) is 14.0. The predicted molar refractivity (Wildman–Crippen MR) is 115 cm³/mol. The number of rotatable bonds is 7. The second-order valence-corrected chi connectivity index (χ2v) is 8.32. The molecule has 1 saturated heterocycles. The van der Waals surface area contributed by atoms with Crippen molar-refractivity contribution < 1.29 is 9.53 Å². The number of aryl methyl sites for hydroxylation is 1. The Bertz CT molecular complexity index is 991. The first-order valence-electron chi connectivity index (χ1n) is 10.4. The highest BCUT2D eigenvalue weighted by Gasteiger charge is 2.33. The maximum atomic E-state index is 12.7. The number of likely N-dealkylation sites (tertiary alicyclic amines) is 1. The van der Waals surface area contributed by atoms with Gasteiger partial charge in [0.25, 0.3) is 0 Å². The maximum Gasteiger partial charge on any atom is 0.223 e. The highest BCUT2D eigenvalue weighted by atomic mass is 16.5. The first kappa shape index (κ1) is 19.5. The lowest BCUT2D eigenvalue weighted by atomic mass is 10.1. The number of benzene rings is 2. The molecule has 0 unspecified atom stereocenters. The van der Waals surface area contributed by atoms with E-state index in [1.807, 2.05) is 35.2 Å². The third-order valence-electron chi connectivity index (χ3n) is 5.73. The fraction of sp³-hybridized carbons (Fsp3) is 0.417. The van der Waals surface area contributed by atoms with Gasteiger partial charge in [0.15, 0.2) is 0 Å². The van der Waals surface area contributed by atoms with E-state index in [0.29, 0.717) is 18.9 Å². The molecule has 2 aromatic carbocycles. The van der Waals surface area contributed by atoms with E-state index < -0.39 is 0 Å². The Morgan fingerprint density at radius 3 is 2.62 bits per heavy atom. The highest BCUT2D eigenvalue weighted by molar-refractivity contribution is 5.81. The Morgan fingerprint density at radius 2 is 1.90 bits per heavy atom. The van der Waals surface area contributed by atoms with Gasteiger partial charge in [-0.3, -0.25) is 4.79 Å². The van der Waals surface area contributed by atoms with E-state index in [-0.39, 0.29) is 11.8 Å². The molecule has 0 aliphatic carbocycles. The molecule has 5 heteroatoms. The largest absolute Gasteiger partial charge is 0.497 e. The van der Waals surface area contributed by atoms with Crippen molar-refractivity contribution >= 4 is 16.9 Å². The maximum absolute atomic E-state index is 12.7. The van der Waals surface area contributed by atoms with Gasteiger partial charge in [-0.05, 0) is 42.2 Å². The number of carbonyl (C=O) groups excluding carboxylic acids is 1. The van der Waals surface area contributed by atoms with Gasteiger partial charge in [0.1, 0.15) is 11.6 Å². The van der Waals surface area contributed by atoms with Crippen molar-refractivity contribution in [3.63, 3.8) is 0 Å². The molecule has 1 aromatic heterocycles. The lowest BCUT2D eigenvalue weighted by Crippen LogP contribution is -2.24. The van der Waals surface area contributed by atoms with Gasteiger partial charge in [-0.1, -0.05) is 38.1 Å². The lowest BCUT2D eigenvalue weighted by Gasteiger charge is -2.18. The Labute approximate surface area is 172 Å². The van der Waals surface area contributed by atoms with Gasteiger partial charge < -0.3 is 14.2 Å². The summed E-state index contributed by atoms with van der Waals surface area (Å²) in [5.74, 6) is 2.85. The highest BCUT2D eigenvalue weighted by Crippen LogP contribution is 2.31. The smallest absolute Gasteiger partial charge is 0.223 e. The van der Waals surface area contributed by atoms with Crippen LogP contribution in [0.2, 0.25) is 0 Å². The van der Waals surface area contributed by atoms with Crippen molar-refractivity contribution in [3.05, 3.63) is 59.9 Å². The molecule has 1 amide bonds. The Morgan fingerprint density at radius 1 is 1.14 bits per heavy atom. The molecule has 4 rings (SSSR count). The van der Waals surface area contributed by atoms with Crippen molar-refractivity contribution in [1.29, 1.82) is 0 Å². The van der Waals surface area contributed by atoms with Crippen LogP contribution in [0.1, 0.15) is 44.0 Å². The molecule has 1 atom stereocenters. The molecule has 3 aromatic rings. The van der Waals surface area contributed by atoms with Crippen LogP contribution in [0.4, 0.5) is 0 Å². The van der Waals surface area contributed by atoms with E-state index in [4.69, 9.17) is 9.72 Å². The van der Waals surface area contributed by atoms with Gasteiger partial charge in [0.2, 0.25) is 5.91 Å². The third-order valence-corrected chi connectivity index (χ3v) is 5.73. The average Bonchev–Trinajstić information content (AvgIpc) is 3.27. The van der Waals surface area contributed by atoms with Crippen molar-refractivity contribution in [2.24, 2.45) is 5.92 Å². The molecule has 1 aliphatic heterocycles. The average molecular weight is 392 g/mol. The minimum atomic E-state index is 0.139. The summed E-state index contributed by atoms with van der Waals surface area (Å²) in [6, 6.07) is 16.2. The summed E-state index contributed by atoms with van der Waals surface area (Å²) in [7, 11) is 1.66. The molecule has 5 nitrogen and oxygen atoms in total. The molecule has 29 heavy (non-hydrogen) atoms. The van der Waals surface area contributed by atoms with Crippen LogP contribution in [0.3, 0.4) is 0 Å². The summed E-state index contributed by atoms with van der Waals surface area (Å²) in [6.45, 7) is 6.78. The molecule has 0 bridgehead atoms. The summed E-state index contributed by atoms with van der Waals surface area (Å²) < 4.78 is 7.56. The fourth-order valence-corrected chi connectivity index (χ4v) is 4.08. The number of aromatic nitrogens is 2. The Hall–Kier alpha value is -2.82. The summed E-state index contributed by atoms with van der Waals surface area (Å²) in [5.41, 5.74) is 3.31. The SMILES string of the molecule is COc1ccc(CN2C[C@H](c3nc4ccccc4n3CCC(C)C)CC2=O)cc1. The third kappa shape index (κ3) is 4.14. The standard InChI is InChI=1S/C24H29N3O2/c1-17(2)12-13-27-22-7-5-4-6-21(22)25-24(27)19-14-23(28)26(16-19)15-18-8-10-20(29-3)11-9-18/h4-11,17,19H,12-16H2,1-3H3/t19-/m1/s1. The number of amides is 1. The molecule has 0 spiro atoms. The van der Waals surface area contributed by atoms with Gasteiger partial charge in [0, 0.05) is 32.0 Å². The summed E-state index contributed by atoms with van der Waals surface area (Å²) >= 11 is 0. The van der Waals surface area contributed by atoms with E-state index >= 15 is 0 Å². The zero-order chi connectivity index (χ0) is 20.4. The van der Waals surface area contributed by atoms with Crippen LogP contribution in [0.15, 0.2) is 48.5 Å². The van der Waals surface area contributed by atoms with Crippen LogP contribution in [0, 0.1) is 5.92 Å². The van der Waals surface area contributed by atoms with Crippen LogP contribution in [0.25, 0.3) is 11.0 Å². The normalized spacial score (nSPS) is 16.9. The van der Waals surface area contributed by atoms with Crippen LogP contribution < -0.4 is 4.74 Å². The number of ether oxygens (including phenoxy) is 1. The van der Waals surface area contributed by atoms with Crippen LogP contribution in [-0.2, 0) is 17.9 Å². The molecule has 0 radical (unpaired) electrons. The quantitative estimate of drug-likeness (QED) is 0.591. The number of imidazole rings is 1. The van der Waals surface area contributed by atoms with E-state index in [9.17, 15) is 4.79 Å². The van der Waals surface area contributed by atoms with Crippen LogP contribution in [-0.4, -0.2) is 34.0 Å². The minimum absolute atomic E-state index is 0.139. The van der Waals surface area contributed by atoms with Gasteiger partial charge in [-0.25, -0.2) is 4.98 Å². The van der Waals surface area contributed by atoms with E-state index in [0.717, 1.165) is 42.2 Å². The van der Waals surface area contributed by atoms with Gasteiger partial charge in [0.05, 0.1) is 18.1 Å². The topological polar surface area (TPSA) is 47.4 Å². The van der Waals surface area contributed by atoms with Gasteiger partial charge in [-0.15, -0.1) is 0 Å². The zero-order valence-corrected chi connectivity index (χ0v) is 17.5. The summed E-state index contributed by atoms with van der Waals surface area (Å²) in [4.78, 5) is 19.6. The minimum Gasteiger partial charge on any atom is -0.497 e. The van der Waals surface area contributed by atoms with Gasteiger partial charge in [-0.2, -0.15) is 0 Å². The molecular formula is C24H29N3O2. The molecule has 2 heterocycles. The molecule has 0 saturated carbocycles. The van der Waals surface area contributed by atoms with E-state index in [1.54, 1.807) is 7.11 Å². The molecular weight excluding hydrogens is 362 g/mol. The fourth-order valence-electron chi connectivity index (χ4n) is 4.08. The van der Waals surface area contributed by atoms with E-state index in [1.165, 1.54) is 5.52 Å². The Kier molecular flexibility index (Phi) is 5.56. The lowest BCUT2D eigenvalue weighted by molar-refractivity contribution is -0.128. The number of hydrogen-bond donors (Lipinski definition) is 0. The Balaban J connectivity index is 1.56. The van der Waals surface area contributed by atoms with Crippen molar-refractivity contribution in [1.82, 2.24) is 14.5 Å². The van der Waals surface area contributed by atoms with Crippen molar-refractivity contribution in [2.75, 3.05) is 13.7 Å². The molecule has 1 fully saturated rings. The first-order valence-corrected chi connectivity index (χ1v) is 10.4. The van der Waals surface area contributed by atoms with Crippen molar-refractivity contribution in [2.45, 2.75) is 45.7 Å².